The molecule has 3 nitrogen and oxygen atoms in total. The molecule has 0 aromatic heterocycles. The minimum atomic E-state index is -0.705. The van der Waals surface area contributed by atoms with Gasteiger partial charge in [0.1, 0.15) is 6.04 Å². The topological polar surface area (TPSA) is 49.3 Å². The molecule has 4 heteroatoms. The second-order valence-electron chi connectivity index (χ2n) is 4.16. The summed E-state index contributed by atoms with van der Waals surface area (Å²) in [6.45, 7) is 2.03. The van der Waals surface area contributed by atoms with E-state index in [1.165, 1.54) is 12.8 Å². The van der Waals surface area contributed by atoms with Gasteiger partial charge in [-0.25, -0.2) is 0 Å². The Bertz CT molecular complexity index is 211. The zero-order valence-electron chi connectivity index (χ0n) is 9.53. The Hall–Kier alpha value is -0.220. The first kappa shape index (κ1) is 12.8. The van der Waals surface area contributed by atoms with Gasteiger partial charge in [0.05, 0.1) is 0 Å². The van der Waals surface area contributed by atoms with Gasteiger partial charge in [-0.05, 0) is 25.5 Å². The van der Waals surface area contributed by atoms with Gasteiger partial charge in [-0.3, -0.25) is 4.79 Å². The number of carbonyl (C=O) groups is 1. The lowest BCUT2D eigenvalue weighted by Crippen LogP contribution is -2.45. The van der Waals surface area contributed by atoms with Crippen molar-refractivity contribution < 1.29 is 9.90 Å². The maximum Gasteiger partial charge on any atom is 0.320 e. The van der Waals surface area contributed by atoms with Crippen molar-refractivity contribution in [3.8, 4) is 0 Å². The van der Waals surface area contributed by atoms with E-state index < -0.39 is 5.97 Å². The monoisotopic (exact) mass is 231 g/mol. The number of carboxylic acid groups (broad SMARTS) is 1. The lowest BCUT2D eigenvalue weighted by Gasteiger charge is -2.23. The molecule has 2 N–H and O–H groups in total. The number of hydrogen-bond donors (Lipinski definition) is 2. The molecule has 1 rings (SSSR count). The SMILES string of the molecule is CCCC(NC1CCCC1SC)C(=O)O. The molecule has 0 radical (unpaired) electrons. The summed E-state index contributed by atoms with van der Waals surface area (Å²) in [5.74, 6) is -0.705. The van der Waals surface area contributed by atoms with Crippen LogP contribution in [0.5, 0.6) is 0 Å². The smallest absolute Gasteiger partial charge is 0.320 e. The van der Waals surface area contributed by atoms with Crippen LogP contribution in [-0.4, -0.2) is 34.7 Å². The van der Waals surface area contributed by atoms with E-state index in [2.05, 4.69) is 11.6 Å². The Balaban J connectivity index is 2.46. The second kappa shape index (κ2) is 6.38. The van der Waals surface area contributed by atoms with Crippen molar-refractivity contribution in [1.29, 1.82) is 0 Å². The summed E-state index contributed by atoms with van der Waals surface area (Å²) in [5.41, 5.74) is 0. The number of thioether (sulfide) groups is 1. The van der Waals surface area contributed by atoms with E-state index in [0.717, 1.165) is 19.3 Å². The standard InChI is InChI=1S/C11H21NO2S/c1-3-5-9(11(13)14)12-8-6-4-7-10(8)15-2/h8-10,12H,3-7H2,1-2H3,(H,13,14). The van der Waals surface area contributed by atoms with E-state index in [-0.39, 0.29) is 6.04 Å². The highest BCUT2D eigenvalue weighted by atomic mass is 32.2. The molecule has 15 heavy (non-hydrogen) atoms. The van der Waals surface area contributed by atoms with Crippen molar-refractivity contribution in [3.05, 3.63) is 0 Å². The fraction of sp³-hybridized carbons (Fsp3) is 0.909. The minimum Gasteiger partial charge on any atom is -0.480 e. The van der Waals surface area contributed by atoms with Crippen LogP contribution in [0.15, 0.2) is 0 Å². The molecule has 88 valence electrons. The zero-order valence-corrected chi connectivity index (χ0v) is 10.3. The lowest BCUT2D eigenvalue weighted by molar-refractivity contribution is -0.139. The van der Waals surface area contributed by atoms with Gasteiger partial charge in [-0.2, -0.15) is 11.8 Å². The van der Waals surface area contributed by atoms with Crippen molar-refractivity contribution in [2.24, 2.45) is 0 Å². The summed E-state index contributed by atoms with van der Waals surface area (Å²) >= 11 is 1.86. The van der Waals surface area contributed by atoms with Gasteiger partial charge in [0, 0.05) is 11.3 Å². The molecule has 1 aliphatic rings. The normalized spacial score (nSPS) is 27.9. The fourth-order valence-electron chi connectivity index (χ4n) is 2.22. The van der Waals surface area contributed by atoms with Crippen LogP contribution in [0, 0.1) is 0 Å². The van der Waals surface area contributed by atoms with Gasteiger partial charge in [-0.15, -0.1) is 0 Å². The van der Waals surface area contributed by atoms with E-state index in [0.29, 0.717) is 11.3 Å². The van der Waals surface area contributed by atoms with E-state index in [1.54, 1.807) is 0 Å². The molecule has 0 aromatic carbocycles. The van der Waals surface area contributed by atoms with Crippen LogP contribution in [-0.2, 0) is 4.79 Å². The summed E-state index contributed by atoms with van der Waals surface area (Å²) < 4.78 is 0. The molecule has 1 aliphatic carbocycles. The molecule has 3 atom stereocenters. The van der Waals surface area contributed by atoms with Crippen LogP contribution in [0.1, 0.15) is 39.0 Å². The quantitative estimate of drug-likeness (QED) is 0.735. The van der Waals surface area contributed by atoms with E-state index in [9.17, 15) is 4.79 Å². The first-order valence-electron chi connectivity index (χ1n) is 5.70. The first-order valence-corrected chi connectivity index (χ1v) is 6.99. The number of aliphatic carboxylic acids is 1. The Kier molecular flexibility index (Phi) is 5.47. The molecule has 1 saturated carbocycles. The molecular weight excluding hydrogens is 210 g/mol. The van der Waals surface area contributed by atoms with Gasteiger partial charge < -0.3 is 10.4 Å². The number of nitrogens with one attached hydrogen (secondary N) is 1. The molecular formula is C11H21NO2S. The van der Waals surface area contributed by atoms with Crippen LogP contribution in [0.2, 0.25) is 0 Å². The molecule has 0 bridgehead atoms. The van der Waals surface area contributed by atoms with Gasteiger partial charge in [0.25, 0.3) is 0 Å². The number of hydrogen-bond acceptors (Lipinski definition) is 3. The average molecular weight is 231 g/mol. The van der Waals surface area contributed by atoms with Crippen LogP contribution >= 0.6 is 11.8 Å². The number of carboxylic acids is 1. The summed E-state index contributed by atoms with van der Waals surface area (Å²) in [7, 11) is 0. The van der Waals surface area contributed by atoms with E-state index in [4.69, 9.17) is 5.11 Å². The third kappa shape index (κ3) is 3.68. The third-order valence-corrected chi connectivity index (χ3v) is 4.22. The second-order valence-corrected chi connectivity index (χ2v) is 5.23. The number of rotatable bonds is 6. The van der Waals surface area contributed by atoms with Crippen LogP contribution in [0.3, 0.4) is 0 Å². The molecule has 0 aliphatic heterocycles. The van der Waals surface area contributed by atoms with Gasteiger partial charge in [0.15, 0.2) is 0 Å². The molecule has 1 fully saturated rings. The molecule has 0 saturated heterocycles. The fourth-order valence-corrected chi connectivity index (χ4v) is 3.17. The van der Waals surface area contributed by atoms with Crippen molar-refractivity contribution in [1.82, 2.24) is 5.32 Å². The molecule has 0 aromatic rings. The van der Waals surface area contributed by atoms with Gasteiger partial charge >= 0.3 is 5.97 Å². The van der Waals surface area contributed by atoms with E-state index in [1.807, 2.05) is 18.7 Å². The lowest BCUT2D eigenvalue weighted by atomic mass is 10.1. The maximum absolute atomic E-state index is 11.0. The predicted molar refractivity (Wildman–Crippen MR) is 64.4 cm³/mol. The molecule has 0 spiro atoms. The Morgan fingerprint density at radius 1 is 1.60 bits per heavy atom. The van der Waals surface area contributed by atoms with Gasteiger partial charge in [0.2, 0.25) is 0 Å². The van der Waals surface area contributed by atoms with E-state index >= 15 is 0 Å². The summed E-state index contributed by atoms with van der Waals surface area (Å²) in [6.07, 6.45) is 7.33. The maximum atomic E-state index is 11.0. The highest BCUT2D eigenvalue weighted by molar-refractivity contribution is 7.99. The van der Waals surface area contributed by atoms with Crippen LogP contribution in [0.25, 0.3) is 0 Å². The highest BCUT2D eigenvalue weighted by Gasteiger charge is 2.30. The van der Waals surface area contributed by atoms with Crippen LogP contribution < -0.4 is 5.32 Å². The average Bonchev–Trinajstić information content (AvgIpc) is 2.64. The molecule has 0 heterocycles. The van der Waals surface area contributed by atoms with Crippen LogP contribution in [0.4, 0.5) is 0 Å². The van der Waals surface area contributed by atoms with Crippen molar-refractivity contribution in [2.45, 2.75) is 56.4 Å². The minimum absolute atomic E-state index is 0.354. The molecule has 0 amide bonds. The van der Waals surface area contributed by atoms with Crippen molar-refractivity contribution >= 4 is 17.7 Å². The summed E-state index contributed by atoms with van der Waals surface area (Å²) in [4.78, 5) is 11.0. The Morgan fingerprint density at radius 2 is 2.33 bits per heavy atom. The summed E-state index contributed by atoms with van der Waals surface area (Å²) in [6, 6.07) is 0.0420. The van der Waals surface area contributed by atoms with Gasteiger partial charge in [-0.1, -0.05) is 19.8 Å². The first-order chi connectivity index (χ1) is 7.19. The third-order valence-electron chi connectivity index (χ3n) is 3.05. The summed E-state index contributed by atoms with van der Waals surface area (Å²) in [5, 5.41) is 13.0. The van der Waals surface area contributed by atoms with Crippen molar-refractivity contribution in [2.75, 3.05) is 6.26 Å². The largest absolute Gasteiger partial charge is 0.480 e. The predicted octanol–water partition coefficient (Wildman–Crippen LogP) is 2.11. The highest BCUT2D eigenvalue weighted by Crippen LogP contribution is 2.28. The molecule has 3 unspecified atom stereocenters. The van der Waals surface area contributed by atoms with Crippen molar-refractivity contribution in [3.63, 3.8) is 0 Å². The zero-order chi connectivity index (χ0) is 11.3. The Labute approximate surface area is 96.0 Å². The Morgan fingerprint density at radius 3 is 2.87 bits per heavy atom.